The Bertz CT molecular complexity index is 824. The van der Waals surface area contributed by atoms with E-state index in [9.17, 15) is 14.4 Å². The van der Waals surface area contributed by atoms with E-state index >= 15 is 0 Å². The largest absolute Gasteiger partial charge is 0.481 e. The lowest BCUT2D eigenvalue weighted by atomic mass is 10.0. The highest BCUT2D eigenvalue weighted by atomic mass is 16.5. The highest BCUT2D eigenvalue weighted by molar-refractivity contribution is 5.93. The summed E-state index contributed by atoms with van der Waals surface area (Å²) in [6.07, 6.45) is 11.2. The molecule has 1 aromatic carbocycles. The summed E-state index contributed by atoms with van der Waals surface area (Å²) in [4.78, 5) is 39.6. The first-order valence-corrected chi connectivity index (χ1v) is 14.3. The van der Waals surface area contributed by atoms with Crippen LogP contribution < -0.4 is 10.1 Å². The van der Waals surface area contributed by atoms with E-state index in [1.807, 2.05) is 24.3 Å². The average Bonchev–Trinajstić information content (AvgIpc) is 2.88. The minimum atomic E-state index is -0.879. The third-order valence-corrected chi connectivity index (χ3v) is 6.94. The number of piperazine rings is 1. The Hall–Kier alpha value is -2.57. The fraction of sp³-hybridized carbons (Fsp3) is 0.700. The van der Waals surface area contributed by atoms with Crippen LogP contribution in [-0.2, 0) is 19.1 Å². The SMILES string of the molecule is CCCCCCCCCCCCOC(=O)CC1C(=O)NCCN1C(=O)C(C)Oc1ccc(C(C)C)cc1. The van der Waals surface area contributed by atoms with Gasteiger partial charge < -0.3 is 19.7 Å². The quantitative estimate of drug-likeness (QED) is 0.210. The zero-order valence-electron chi connectivity index (χ0n) is 23.4. The molecule has 0 aromatic heterocycles. The van der Waals surface area contributed by atoms with Crippen LogP contribution in [0.5, 0.6) is 5.75 Å². The standard InChI is InChI=1S/C30H48N2O5/c1-5-6-7-8-9-10-11-12-13-14-21-36-28(33)22-27-29(34)31-19-20-32(27)30(35)24(4)37-26-17-15-25(16-18-26)23(2)3/h15-18,23-24,27H,5-14,19-22H2,1-4H3,(H,31,34). The predicted octanol–water partition coefficient (Wildman–Crippen LogP) is 5.76. The van der Waals surface area contributed by atoms with Crippen LogP contribution in [-0.4, -0.2) is 54.5 Å². The van der Waals surface area contributed by atoms with Crippen LogP contribution >= 0.6 is 0 Å². The molecule has 0 aliphatic carbocycles. The summed E-state index contributed by atoms with van der Waals surface area (Å²) in [7, 11) is 0. The molecule has 1 saturated heterocycles. The average molecular weight is 517 g/mol. The molecule has 7 heteroatoms. The Balaban J connectivity index is 1.73. The number of carbonyl (C=O) groups is 3. The van der Waals surface area contributed by atoms with Gasteiger partial charge in [0.2, 0.25) is 5.91 Å². The fourth-order valence-corrected chi connectivity index (χ4v) is 4.59. The van der Waals surface area contributed by atoms with Crippen LogP contribution in [0.4, 0.5) is 0 Å². The maximum Gasteiger partial charge on any atom is 0.308 e. The number of hydrogen-bond donors (Lipinski definition) is 1. The Labute approximate surface area is 223 Å². The van der Waals surface area contributed by atoms with E-state index in [2.05, 4.69) is 26.1 Å². The first-order valence-electron chi connectivity index (χ1n) is 14.3. The monoisotopic (exact) mass is 516 g/mol. The molecule has 1 aliphatic rings. The van der Waals surface area contributed by atoms with Gasteiger partial charge in [0.15, 0.2) is 6.10 Å². The number of nitrogens with zero attached hydrogens (tertiary/aromatic N) is 1. The first-order chi connectivity index (χ1) is 17.8. The number of hydrogen-bond acceptors (Lipinski definition) is 5. The summed E-state index contributed by atoms with van der Waals surface area (Å²) in [6, 6.07) is 6.79. The van der Waals surface area contributed by atoms with Crippen molar-refractivity contribution >= 4 is 17.8 Å². The molecule has 1 aliphatic heterocycles. The van der Waals surface area contributed by atoms with E-state index in [-0.39, 0.29) is 18.2 Å². The van der Waals surface area contributed by atoms with Crippen molar-refractivity contribution in [2.75, 3.05) is 19.7 Å². The maximum absolute atomic E-state index is 13.1. The van der Waals surface area contributed by atoms with Crippen molar-refractivity contribution in [3.8, 4) is 5.75 Å². The third-order valence-electron chi connectivity index (χ3n) is 6.94. The second-order valence-corrected chi connectivity index (χ2v) is 10.4. The first kappa shape index (κ1) is 30.7. The van der Waals surface area contributed by atoms with E-state index in [1.54, 1.807) is 6.92 Å². The molecule has 0 bridgehead atoms. The molecule has 37 heavy (non-hydrogen) atoms. The van der Waals surface area contributed by atoms with Crippen LogP contribution in [0.25, 0.3) is 0 Å². The molecule has 2 amide bonds. The predicted molar refractivity (Wildman–Crippen MR) is 147 cm³/mol. The van der Waals surface area contributed by atoms with Crippen LogP contribution in [0.15, 0.2) is 24.3 Å². The molecule has 1 fully saturated rings. The molecule has 0 saturated carbocycles. The van der Waals surface area contributed by atoms with Gasteiger partial charge in [0.05, 0.1) is 13.0 Å². The second-order valence-electron chi connectivity index (χ2n) is 10.4. The lowest BCUT2D eigenvalue weighted by Gasteiger charge is -2.36. The summed E-state index contributed by atoms with van der Waals surface area (Å²) in [5.41, 5.74) is 1.19. The smallest absolute Gasteiger partial charge is 0.308 e. The summed E-state index contributed by atoms with van der Waals surface area (Å²) in [6.45, 7) is 9.18. The molecule has 1 aromatic rings. The van der Waals surface area contributed by atoms with Gasteiger partial charge in [-0.25, -0.2) is 0 Å². The molecule has 2 unspecified atom stereocenters. The summed E-state index contributed by atoms with van der Waals surface area (Å²) < 4.78 is 11.2. The van der Waals surface area contributed by atoms with Gasteiger partial charge in [-0.05, 0) is 37.0 Å². The molecular weight excluding hydrogens is 468 g/mol. The van der Waals surface area contributed by atoms with E-state index < -0.39 is 18.1 Å². The van der Waals surface area contributed by atoms with Gasteiger partial charge in [-0.15, -0.1) is 0 Å². The van der Waals surface area contributed by atoms with Gasteiger partial charge in [0.25, 0.3) is 5.91 Å². The Morgan fingerprint density at radius 1 is 0.946 bits per heavy atom. The molecule has 1 heterocycles. The molecular formula is C30H48N2O5. The Morgan fingerprint density at radius 3 is 2.14 bits per heavy atom. The van der Waals surface area contributed by atoms with Crippen molar-refractivity contribution in [2.24, 2.45) is 0 Å². The van der Waals surface area contributed by atoms with E-state index in [0.717, 1.165) is 19.3 Å². The Kier molecular flexibility index (Phi) is 14.1. The zero-order valence-corrected chi connectivity index (χ0v) is 23.4. The molecule has 208 valence electrons. The van der Waals surface area contributed by atoms with Gasteiger partial charge in [-0.3, -0.25) is 14.4 Å². The van der Waals surface area contributed by atoms with Crippen molar-refractivity contribution < 1.29 is 23.9 Å². The summed E-state index contributed by atoms with van der Waals surface area (Å²) in [5.74, 6) is -0.0855. The zero-order chi connectivity index (χ0) is 27.0. The van der Waals surface area contributed by atoms with Gasteiger partial charge in [0.1, 0.15) is 11.8 Å². The van der Waals surface area contributed by atoms with Crippen LogP contribution in [0.1, 0.15) is 110 Å². The van der Waals surface area contributed by atoms with E-state index in [0.29, 0.717) is 31.4 Å². The molecule has 7 nitrogen and oxygen atoms in total. The number of carbonyl (C=O) groups excluding carboxylic acids is 3. The lowest BCUT2D eigenvalue weighted by molar-refractivity contribution is -0.154. The number of benzene rings is 1. The van der Waals surface area contributed by atoms with Crippen molar-refractivity contribution in [2.45, 2.75) is 116 Å². The van der Waals surface area contributed by atoms with E-state index in [1.165, 1.54) is 55.4 Å². The van der Waals surface area contributed by atoms with E-state index in [4.69, 9.17) is 9.47 Å². The van der Waals surface area contributed by atoms with Crippen molar-refractivity contribution in [1.82, 2.24) is 10.2 Å². The second kappa shape index (κ2) is 17.0. The van der Waals surface area contributed by atoms with Crippen LogP contribution in [0, 0.1) is 0 Å². The minimum absolute atomic E-state index is 0.148. The van der Waals surface area contributed by atoms with Gasteiger partial charge in [0, 0.05) is 13.1 Å². The molecule has 2 atom stereocenters. The number of amides is 2. The van der Waals surface area contributed by atoms with Gasteiger partial charge in [-0.1, -0.05) is 90.7 Å². The maximum atomic E-state index is 13.1. The minimum Gasteiger partial charge on any atom is -0.481 e. The normalized spacial score (nSPS) is 16.4. The number of ether oxygens (including phenoxy) is 2. The van der Waals surface area contributed by atoms with Gasteiger partial charge >= 0.3 is 5.97 Å². The summed E-state index contributed by atoms with van der Waals surface area (Å²) >= 11 is 0. The number of nitrogens with one attached hydrogen (secondary N) is 1. The fourth-order valence-electron chi connectivity index (χ4n) is 4.59. The van der Waals surface area contributed by atoms with Crippen molar-refractivity contribution in [3.63, 3.8) is 0 Å². The topological polar surface area (TPSA) is 84.9 Å². The molecule has 1 N–H and O–H groups in total. The van der Waals surface area contributed by atoms with Crippen LogP contribution in [0.3, 0.4) is 0 Å². The lowest BCUT2D eigenvalue weighted by Crippen LogP contribution is -2.60. The molecule has 0 radical (unpaired) electrons. The molecule has 2 rings (SSSR count). The Morgan fingerprint density at radius 2 is 1.54 bits per heavy atom. The highest BCUT2D eigenvalue weighted by Gasteiger charge is 2.37. The highest BCUT2D eigenvalue weighted by Crippen LogP contribution is 2.21. The number of esters is 1. The molecule has 0 spiro atoms. The van der Waals surface area contributed by atoms with Crippen molar-refractivity contribution in [1.29, 1.82) is 0 Å². The third kappa shape index (κ3) is 11.1. The van der Waals surface area contributed by atoms with Crippen molar-refractivity contribution in [3.05, 3.63) is 29.8 Å². The summed E-state index contributed by atoms with van der Waals surface area (Å²) in [5, 5.41) is 2.76. The van der Waals surface area contributed by atoms with Crippen LogP contribution in [0.2, 0.25) is 0 Å². The van der Waals surface area contributed by atoms with Gasteiger partial charge in [-0.2, -0.15) is 0 Å². The number of unbranched alkanes of at least 4 members (excludes halogenated alkanes) is 9. The number of rotatable bonds is 17.